The fourth-order valence-corrected chi connectivity index (χ4v) is 9.50. The molecule has 0 aromatic rings. The normalized spacial score (nSPS) is 47.1. The van der Waals surface area contributed by atoms with Gasteiger partial charge < -0.3 is 0 Å². The monoisotopic (exact) mass is 386 g/mol. The molecule has 4 fully saturated rings. The highest BCUT2D eigenvalue weighted by atomic mass is 14.6. The molecule has 0 N–H and O–H groups in total. The Kier molecular flexibility index (Phi) is 6.27. The van der Waals surface area contributed by atoms with Crippen molar-refractivity contribution in [1.82, 2.24) is 0 Å². The first-order valence-corrected chi connectivity index (χ1v) is 13.4. The Labute approximate surface area is 177 Å². The van der Waals surface area contributed by atoms with Crippen molar-refractivity contribution in [3.63, 3.8) is 0 Å². The van der Waals surface area contributed by atoms with Crippen LogP contribution in [0.4, 0.5) is 0 Å². The molecule has 0 aromatic carbocycles. The smallest absolute Gasteiger partial charge is 0.0264 e. The summed E-state index contributed by atoms with van der Waals surface area (Å²) < 4.78 is 0. The SMILES string of the molecule is CC(C)CCC[C@@H](C)C1CCC2C3CC[C@H]4CCCCCC4(C)C3CCC21C. The fourth-order valence-electron chi connectivity index (χ4n) is 9.50. The minimum Gasteiger partial charge on any atom is -0.0628 e. The highest BCUT2D eigenvalue weighted by molar-refractivity contribution is 5.08. The fraction of sp³-hybridized carbons (Fsp3) is 1.00. The predicted molar refractivity (Wildman–Crippen MR) is 122 cm³/mol. The van der Waals surface area contributed by atoms with Crippen LogP contribution < -0.4 is 0 Å². The van der Waals surface area contributed by atoms with E-state index in [0.717, 1.165) is 41.4 Å². The van der Waals surface area contributed by atoms with Crippen molar-refractivity contribution in [2.45, 2.75) is 125 Å². The number of fused-ring (bicyclic) bond motifs is 5. The summed E-state index contributed by atoms with van der Waals surface area (Å²) in [6.45, 7) is 12.9. The largest absolute Gasteiger partial charge is 0.0628 e. The van der Waals surface area contributed by atoms with Crippen molar-refractivity contribution in [1.29, 1.82) is 0 Å². The Morgan fingerprint density at radius 1 is 0.714 bits per heavy atom. The molecule has 0 heteroatoms. The molecule has 4 aliphatic rings. The standard InChI is InChI=1S/C28H50/c1-20(2)10-9-11-21(3)24-15-16-25-23-14-13-22-12-7-6-8-18-27(22,4)26(23)17-19-28(24,25)5/h20-26H,6-19H2,1-5H3/t21-,22-,23?,24?,25?,26?,27?,28?/m1/s1. The van der Waals surface area contributed by atoms with E-state index in [1.165, 1.54) is 38.5 Å². The zero-order valence-electron chi connectivity index (χ0n) is 19.9. The van der Waals surface area contributed by atoms with Crippen LogP contribution in [0.1, 0.15) is 125 Å². The van der Waals surface area contributed by atoms with Gasteiger partial charge in [0, 0.05) is 0 Å². The molecule has 0 aromatic heterocycles. The topological polar surface area (TPSA) is 0 Å². The zero-order chi connectivity index (χ0) is 19.9. The Morgan fingerprint density at radius 3 is 2.29 bits per heavy atom. The quantitative estimate of drug-likeness (QED) is 0.442. The highest BCUT2D eigenvalue weighted by Gasteiger charge is 2.59. The van der Waals surface area contributed by atoms with E-state index in [1.54, 1.807) is 51.4 Å². The summed E-state index contributed by atoms with van der Waals surface area (Å²) in [4.78, 5) is 0. The van der Waals surface area contributed by atoms with Crippen molar-refractivity contribution in [2.24, 2.45) is 52.3 Å². The van der Waals surface area contributed by atoms with Crippen molar-refractivity contribution in [3.8, 4) is 0 Å². The zero-order valence-corrected chi connectivity index (χ0v) is 19.9. The van der Waals surface area contributed by atoms with Crippen LogP contribution in [0.2, 0.25) is 0 Å². The summed E-state index contributed by atoms with van der Waals surface area (Å²) in [7, 11) is 0. The summed E-state index contributed by atoms with van der Waals surface area (Å²) in [5.74, 6) is 7.12. The second kappa shape index (κ2) is 8.26. The molecule has 8 atom stereocenters. The summed E-state index contributed by atoms with van der Waals surface area (Å²) >= 11 is 0. The molecule has 6 unspecified atom stereocenters. The van der Waals surface area contributed by atoms with Gasteiger partial charge in [0.15, 0.2) is 0 Å². The van der Waals surface area contributed by atoms with E-state index in [4.69, 9.17) is 0 Å². The van der Waals surface area contributed by atoms with E-state index in [1.807, 2.05) is 0 Å². The van der Waals surface area contributed by atoms with Crippen LogP contribution in [0.15, 0.2) is 0 Å². The molecule has 4 saturated carbocycles. The average molecular weight is 387 g/mol. The maximum Gasteiger partial charge on any atom is -0.0264 e. The van der Waals surface area contributed by atoms with Gasteiger partial charge in [0.25, 0.3) is 0 Å². The number of hydrogen-bond acceptors (Lipinski definition) is 0. The highest BCUT2D eigenvalue weighted by Crippen LogP contribution is 2.68. The summed E-state index contributed by atoms with van der Waals surface area (Å²) in [6, 6.07) is 0. The van der Waals surface area contributed by atoms with E-state index in [-0.39, 0.29) is 0 Å². The lowest BCUT2D eigenvalue weighted by molar-refractivity contribution is -0.103. The van der Waals surface area contributed by atoms with Gasteiger partial charge in [-0.1, -0.05) is 73.1 Å². The Bertz CT molecular complexity index is 520. The van der Waals surface area contributed by atoms with E-state index < -0.39 is 0 Å². The summed E-state index contributed by atoms with van der Waals surface area (Å²) in [5.41, 5.74) is 1.37. The van der Waals surface area contributed by atoms with Gasteiger partial charge in [-0.2, -0.15) is 0 Å². The van der Waals surface area contributed by atoms with Crippen LogP contribution in [0.25, 0.3) is 0 Å². The van der Waals surface area contributed by atoms with Crippen LogP contribution in [0.3, 0.4) is 0 Å². The predicted octanol–water partition coefficient (Wildman–Crippen LogP) is 8.89. The molecule has 0 heterocycles. The molecular formula is C28H50. The molecule has 0 nitrogen and oxygen atoms in total. The molecule has 28 heavy (non-hydrogen) atoms. The third kappa shape index (κ3) is 3.62. The molecule has 4 rings (SSSR count). The first-order valence-electron chi connectivity index (χ1n) is 13.4. The molecule has 0 bridgehead atoms. The first-order chi connectivity index (χ1) is 13.4. The van der Waals surface area contributed by atoms with Gasteiger partial charge in [-0.15, -0.1) is 0 Å². The summed E-state index contributed by atoms with van der Waals surface area (Å²) in [6.07, 6.45) is 21.4. The molecular weight excluding hydrogens is 336 g/mol. The van der Waals surface area contributed by atoms with Gasteiger partial charge in [-0.25, -0.2) is 0 Å². The van der Waals surface area contributed by atoms with E-state index >= 15 is 0 Å². The summed E-state index contributed by atoms with van der Waals surface area (Å²) in [5, 5.41) is 0. The van der Waals surface area contributed by atoms with Gasteiger partial charge in [0.1, 0.15) is 0 Å². The number of rotatable bonds is 5. The van der Waals surface area contributed by atoms with Crippen LogP contribution in [-0.2, 0) is 0 Å². The van der Waals surface area contributed by atoms with E-state index in [9.17, 15) is 0 Å². The minimum atomic E-state index is 0.673. The van der Waals surface area contributed by atoms with Crippen LogP contribution in [0, 0.1) is 52.3 Å². The second-order valence-corrected chi connectivity index (χ2v) is 12.8. The second-order valence-electron chi connectivity index (χ2n) is 12.8. The first kappa shape index (κ1) is 21.2. The lowest BCUT2D eigenvalue weighted by atomic mass is 9.46. The number of hydrogen-bond donors (Lipinski definition) is 0. The van der Waals surface area contributed by atoms with Gasteiger partial charge >= 0.3 is 0 Å². The molecule has 162 valence electrons. The third-order valence-electron chi connectivity index (χ3n) is 11.0. The van der Waals surface area contributed by atoms with Gasteiger partial charge in [-0.05, 0) is 104 Å². The van der Waals surface area contributed by atoms with E-state index in [0.29, 0.717) is 10.8 Å². The average Bonchev–Trinajstić information content (AvgIpc) is 2.87. The van der Waals surface area contributed by atoms with Gasteiger partial charge in [0.2, 0.25) is 0 Å². The Hall–Kier alpha value is 0. The van der Waals surface area contributed by atoms with Crippen LogP contribution in [0.5, 0.6) is 0 Å². The van der Waals surface area contributed by atoms with Crippen molar-refractivity contribution >= 4 is 0 Å². The Balaban J connectivity index is 1.47. The molecule has 0 aliphatic heterocycles. The van der Waals surface area contributed by atoms with Gasteiger partial charge in [-0.3, -0.25) is 0 Å². The van der Waals surface area contributed by atoms with Crippen molar-refractivity contribution in [2.75, 3.05) is 0 Å². The lowest BCUT2D eigenvalue weighted by Gasteiger charge is -2.59. The van der Waals surface area contributed by atoms with Crippen LogP contribution in [-0.4, -0.2) is 0 Å². The molecule has 4 aliphatic carbocycles. The lowest BCUT2D eigenvalue weighted by Crippen LogP contribution is -2.52. The molecule has 0 saturated heterocycles. The van der Waals surface area contributed by atoms with Crippen LogP contribution >= 0.6 is 0 Å². The van der Waals surface area contributed by atoms with Crippen molar-refractivity contribution in [3.05, 3.63) is 0 Å². The Morgan fingerprint density at radius 2 is 1.50 bits per heavy atom. The maximum absolute atomic E-state index is 2.76. The van der Waals surface area contributed by atoms with E-state index in [2.05, 4.69) is 34.6 Å². The van der Waals surface area contributed by atoms with Crippen molar-refractivity contribution < 1.29 is 0 Å². The van der Waals surface area contributed by atoms with Gasteiger partial charge in [0.05, 0.1) is 0 Å². The maximum atomic E-state index is 2.76. The molecule has 0 spiro atoms. The third-order valence-corrected chi connectivity index (χ3v) is 11.0. The molecule has 0 radical (unpaired) electrons. The minimum absolute atomic E-state index is 0.673. The molecule has 0 amide bonds.